The van der Waals surface area contributed by atoms with E-state index in [9.17, 15) is 4.79 Å². The van der Waals surface area contributed by atoms with Crippen molar-refractivity contribution in [3.05, 3.63) is 48.0 Å². The first-order chi connectivity index (χ1) is 8.25. The zero-order chi connectivity index (χ0) is 11.8. The highest BCUT2D eigenvalue weighted by Crippen LogP contribution is 2.21. The summed E-state index contributed by atoms with van der Waals surface area (Å²) < 4.78 is 0. The Morgan fingerprint density at radius 3 is 2.59 bits per heavy atom. The highest BCUT2D eigenvalue weighted by atomic mass is 16.2. The maximum atomic E-state index is 12.3. The van der Waals surface area contributed by atoms with Crippen LogP contribution in [0.25, 0.3) is 10.8 Å². The van der Waals surface area contributed by atoms with E-state index < -0.39 is 0 Å². The molecule has 0 spiro atoms. The number of hydrogen-bond acceptors (Lipinski definition) is 2. The first kappa shape index (κ1) is 10.3. The van der Waals surface area contributed by atoms with Crippen LogP contribution in [0.2, 0.25) is 0 Å². The molecular weight excluding hydrogens is 212 g/mol. The third-order valence-electron chi connectivity index (χ3n) is 3.22. The first-order valence-electron chi connectivity index (χ1n) is 5.78. The van der Waals surface area contributed by atoms with Crippen LogP contribution in [0.4, 0.5) is 0 Å². The second-order valence-corrected chi connectivity index (χ2v) is 4.50. The number of rotatable bonds is 1. The van der Waals surface area contributed by atoms with E-state index in [2.05, 4.69) is 0 Å². The molecule has 3 nitrogen and oxygen atoms in total. The SMILES string of the molecule is NC1CN(C(=O)c2cccc3ccccc23)C1. The van der Waals surface area contributed by atoms with Gasteiger partial charge in [0.2, 0.25) is 0 Å². The average Bonchev–Trinajstić information content (AvgIpc) is 2.33. The van der Waals surface area contributed by atoms with Crippen molar-refractivity contribution < 1.29 is 4.79 Å². The summed E-state index contributed by atoms with van der Waals surface area (Å²) in [5.74, 6) is 0.0866. The molecule has 2 N–H and O–H groups in total. The molecule has 3 rings (SSSR count). The van der Waals surface area contributed by atoms with E-state index in [1.807, 2.05) is 42.5 Å². The number of likely N-dealkylation sites (tertiary alicyclic amines) is 1. The van der Waals surface area contributed by atoms with E-state index in [1.165, 1.54) is 0 Å². The molecule has 1 aliphatic heterocycles. The zero-order valence-electron chi connectivity index (χ0n) is 9.47. The highest BCUT2D eigenvalue weighted by molar-refractivity contribution is 6.07. The molecule has 3 heteroatoms. The van der Waals surface area contributed by atoms with Gasteiger partial charge in [-0.2, -0.15) is 0 Å². The van der Waals surface area contributed by atoms with Crippen LogP contribution >= 0.6 is 0 Å². The number of hydrogen-bond donors (Lipinski definition) is 1. The largest absolute Gasteiger partial charge is 0.335 e. The number of amides is 1. The Morgan fingerprint density at radius 1 is 1.12 bits per heavy atom. The van der Waals surface area contributed by atoms with Crippen molar-refractivity contribution in [2.45, 2.75) is 6.04 Å². The van der Waals surface area contributed by atoms with Crippen LogP contribution < -0.4 is 5.73 Å². The Bertz CT molecular complexity index is 568. The molecule has 86 valence electrons. The second-order valence-electron chi connectivity index (χ2n) is 4.50. The summed E-state index contributed by atoms with van der Waals surface area (Å²) >= 11 is 0. The Balaban J connectivity index is 2.02. The lowest BCUT2D eigenvalue weighted by atomic mass is 10.0. The molecule has 1 fully saturated rings. The van der Waals surface area contributed by atoms with Crippen molar-refractivity contribution in [3.63, 3.8) is 0 Å². The van der Waals surface area contributed by atoms with Gasteiger partial charge in [0.1, 0.15) is 0 Å². The molecular formula is C14H14N2O. The van der Waals surface area contributed by atoms with Crippen LogP contribution in [0.3, 0.4) is 0 Å². The number of nitrogens with two attached hydrogens (primary N) is 1. The van der Waals surface area contributed by atoms with E-state index in [0.29, 0.717) is 13.1 Å². The van der Waals surface area contributed by atoms with Gasteiger partial charge in [-0.1, -0.05) is 36.4 Å². The highest BCUT2D eigenvalue weighted by Gasteiger charge is 2.28. The molecule has 1 amide bonds. The summed E-state index contributed by atoms with van der Waals surface area (Å²) in [5.41, 5.74) is 6.48. The van der Waals surface area contributed by atoms with Crippen LogP contribution in [0.15, 0.2) is 42.5 Å². The summed E-state index contributed by atoms with van der Waals surface area (Å²) in [6.07, 6.45) is 0. The fourth-order valence-electron chi connectivity index (χ4n) is 2.26. The predicted molar refractivity (Wildman–Crippen MR) is 67.8 cm³/mol. The molecule has 2 aromatic carbocycles. The molecule has 0 radical (unpaired) electrons. The summed E-state index contributed by atoms with van der Waals surface area (Å²) in [7, 11) is 0. The van der Waals surface area contributed by atoms with Gasteiger partial charge in [-0.3, -0.25) is 4.79 Å². The van der Waals surface area contributed by atoms with Gasteiger partial charge in [0.05, 0.1) is 0 Å². The molecule has 0 saturated carbocycles. The third kappa shape index (κ3) is 1.68. The maximum absolute atomic E-state index is 12.3. The first-order valence-corrected chi connectivity index (χ1v) is 5.78. The zero-order valence-corrected chi connectivity index (χ0v) is 9.47. The van der Waals surface area contributed by atoms with Crippen molar-refractivity contribution in [1.29, 1.82) is 0 Å². The summed E-state index contributed by atoms with van der Waals surface area (Å²) in [6, 6.07) is 13.9. The van der Waals surface area contributed by atoms with Crippen molar-refractivity contribution in [1.82, 2.24) is 4.90 Å². The normalized spacial score (nSPS) is 15.9. The molecule has 1 heterocycles. The van der Waals surface area contributed by atoms with Crippen molar-refractivity contribution >= 4 is 16.7 Å². The van der Waals surface area contributed by atoms with Gasteiger partial charge in [-0.15, -0.1) is 0 Å². The molecule has 1 saturated heterocycles. The lowest BCUT2D eigenvalue weighted by molar-refractivity contribution is 0.0610. The third-order valence-corrected chi connectivity index (χ3v) is 3.22. The molecule has 0 aliphatic carbocycles. The molecule has 0 aromatic heterocycles. The van der Waals surface area contributed by atoms with Crippen LogP contribution in [-0.4, -0.2) is 29.9 Å². The molecule has 0 atom stereocenters. The Hall–Kier alpha value is -1.87. The molecule has 2 aromatic rings. The Kier molecular flexibility index (Phi) is 2.34. The topological polar surface area (TPSA) is 46.3 Å². The fourth-order valence-corrected chi connectivity index (χ4v) is 2.26. The van der Waals surface area contributed by atoms with E-state index in [1.54, 1.807) is 4.90 Å². The smallest absolute Gasteiger partial charge is 0.254 e. The van der Waals surface area contributed by atoms with Gasteiger partial charge in [-0.25, -0.2) is 0 Å². The van der Waals surface area contributed by atoms with E-state index in [0.717, 1.165) is 16.3 Å². The standard InChI is InChI=1S/C14H14N2O/c15-11-8-16(9-11)14(17)13-7-3-5-10-4-1-2-6-12(10)13/h1-7,11H,8-9,15H2. The minimum Gasteiger partial charge on any atom is -0.335 e. The maximum Gasteiger partial charge on any atom is 0.254 e. The van der Waals surface area contributed by atoms with Crippen LogP contribution in [-0.2, 0) is 0 Å². The Morgan fingerprint density at radius 2 is 1.82 bits per heavy atom. The van der Waals surface area contributed by atoms with Gasteiger partial charge in [-0.05, 0) is 16.8 Å². The molecule has 0 unspecified atom stereocenters. The summed E-state index contributed by atoms with van der Waals surface area (Å²) in [4.78, 5) is 14.1. The van der Waals surface area contributed by atoms with E-state index in [-0.39, 0.29) is 11.9 Å². The molecule has 17 heavy (non-hydrogen) atoms. The van der Waals surface area contributed by atoms with E-state index in [4.69, 9.17) is 5.73 Å². The number of nitrogens with zero attached hydrogens (tertiary/aromatic N) is 1. The predicted octanol–water partition coefficient (Wildman–Crippen LogP) is 1.62. The number of carbonyl (C=O) groups excluding carboxylic acids is 1. The second kappa shape index (κ2) is 3.86. The lowest BCUT2D eigenvalue weighted by Crippen LogP contribution is -2.57. The average molecular weight is 226 g/mol. The van der Waals surface area contributed by atoms with Crippen molar-refractivity contribution in [2.75, 3.05) is 13.1 Å². The van der Waals surface area contributed by atoms with Crippen LogP contribution in [0.5, 0.6) is 0 Å². The molecule has 0 bridgehead atoms. The number of carbonyl (C=O) groups is 1. The van der Waals surface area contributed by atoms with Crippen molar-refractivity contribution in [3.8, 4) is 0 Å². The van der Waals surface area contributed by atoms with Gasteiger partial charge in [0.15, 0.2) is 0 Å². The summed E-state index contributed by atoms with van der Waals surface area (Å²) in [5, 5.41) is 2.11. The summed E-state index contributed by atoms with van der Waals surface area (Å²) in [6.45, 7) is 1.34. The van der Waals surface area contributed by atoms with Crippen LogP contribution in [0, 0.1) is 0 Å². The monoisotopic (exact) mass is 226 g/mol. The van der Waals surface area contributed by atoms with Crippen molar-refractivity contribution in [2.24, 2.45) is 5.73 Å². The Labute approximate surface area is 99.8 Å². The lowest BCUT2D eigenvalue weighted by Gasteiger charge is -2.37. The minimum atomic E-state index is 0.0866. The minimum absolute atomic E-state index is 0.0866. The van der Waals surface area contributed by atoms with E-state index >= 15 is 0 Å². The van der Waals surface area contributed by atoms with Gasteiger partial charge >= 0.3 is 0 Å². The van der Waals surface area contributed by atoms with Gasteiger partial charge < -0.3 is 10.6 Å². The van der Waals surface area contributed by atoms with Gasteiger partial charge in [0, 0.05) is 24.7 Å². The van der Waals surface area contributed by atoms with Gasteiger partial charge in [0.25, 0.3) is 5.91 Å². The quantitative estimate of drug-likeness (QED) is 0.803. The van der Waals surface area contributed by atoms with Crippen LogP contribution in [0.1, 0.15) is 10.4 Å². The molecule has 1 aliphatic rings. The fraction of sp³-hybridized carbons (Fsp3) is 0.214. The number of fused-ring (bicyclic) bond motifs is 1. The number of benzene rings is 2.